The number of rotatable bonds is 5. The lowest BCUT2D eigenvalue weighted by Crippen LogP contribution is -2.42. The molecule has 0 radical (unpaired) electrons. The van der Waals surface area contributed by atoms with Crippen LogP contribution < -0.4 is 10.6 Å². The van der Waals surface area contributed by atoms with Gasteiger partial charge in [0.1, 0.15) is 11.9 Å². The molecule has 4 nitrogen and oxygen atoms in total. The molecule has 1 atom stereocenters. The molecule has 0 fully saturated rings. The van der Waals surface area contributed by atoms with Crippen LogP contribution in [0.1, 0.15) is 30.5 Å². The molecule has 0 aromatic heterocycles. The number of hydrogen-bond acceptors (Lipinski definition) is 2. The molecular formula is C18H19FN2O2. The average Bonchev–Trinajstić information content (AvgIpc) is 2.52. The maximum Gasteiger partial charge on any atom is 0.245 e. The van der Waals surface area contributed by atoms with E-state index in [4.69, 9.17) is 5.73 Å². The van der Waals surface area contributed by atoms with Crippen LogP contribution in [0.15, 0.2) is 48.5 Å². The largest absolute Gasteiger partial charge is 0.368 e. The number of carbonyl (C=O) groups excluding carboxylic acids is 2. The number of carbonyl (C=O) groups is 2. The van der Waals surface area contributed by atoms with Crippen LogP contribution in [0.2, 0.25) is 0 Å². The minimum Gasteiger partial charge on any atom is -0.368 e. The van der Waals surface area contributed by atoms with Gasteiger partial charge in [-0.3, -0.25) is 14.5 Å². The molecule has 2 amide bonds. The number of hydrogen-bond donors (Lipinski definition) is 1. The first-order valence-corrected chi connectivity index (χ1v) is 7.38. The van der Waals surface area contributed by atoms with Crippen LogP contribution in [0.25, 0.3) is 0 Å². The molecule has 120 valence electrons. The standard InChI is InChI=1S/C18H19FN2O2/c1-3-16(22)21(14-9-6-8-13(19)11-14)17(18(20)23)15-10-5-4-7-12(15)2/h4-11,17H,3H2,1-2H3,(H2,20,23). The van der Waals surface area contributed by atoms with E-state index in [0.29, 0.717) is 11.3 Å². The molecule has 2 aromatic carbocycles. The lowest BCUT2D eigenvalue weighted by atomic mass is 9.98. The summed E-state index contributed by atoms with van der Waals surface area (Å²) in [6.07, 6.45) is 0.173. The van der Waals surface area contributed by atoms with Crippen molar-refractivity contribution in [2.45, 2.75) is 26.3 Å². The van der Waals surface area contributed by atoms with Gasteiger partial charge in [0.2, 0.25) is 11.8 Å². The van der Waals surface area contributed by atoms with Crippen molar-refractivity contribution in [1.29, 1.82) is 0 Å². The summed E-state index contributed by atoms with van der Waals surface area (Å²) in [7, 11) is 0. The second-order valence-corrected chi connectivity index (χ2v) is 5.26. The maximum atomic E-state index is 13.6. The molecule has 2 N–H and O–H groups in total. The van der Waals surface area contributed by atoms with Gasteiger partial charge in [0, 0.05) is 12.1 Å². The van der Waals surface area contributed by atoms with Crippen molar-refractivity contribution in [3.8, 4) is 0 Å². The Morgan fingerprint density at radius 3 is 2.43 bits per heavy atom. The van der Waals surface area contributed by atoms with Crippen LogP contribution >= 0.6 is 0 Å². The summed E-state index contributed by atoms with van der Waals surface area (Å²) in [4.78, 5) is 25.8. The molecule has 0 saturated heterocycles. The van der Waals surface area contributed by atoms with Gasteiger partial charge in [0.05, 0.1) is 0 Å². The van der Waals surface area contributed by atoms with Gasteiger partial charge in [0.15, 0.2) is 0 Å². The molecule has 2 rings (SSSR count). The monoisotopic (exact) mass is 314 g/mol. The molecule has 0 aliphatic carbocycles. The zero-order valence-corrected chi connectivity index (χ0v) is 13.1. The number of aryl methyl sites for hydroxylation is 1. The average molecular weight is 314 g/mol. The molecule has 5 heteroatoms. The predicted molar refractivity (Wildman–Crippen MR) is 87.3 cm³/mol. The Balaban J connectivity index is 2.61. The van der Waals surface area contributed by atoms with E-state index in [1.165, 1.54) is 23.1 Å². The van der Waals surface area contributed by atoms with Gasteiger partial charge in [-0.25, -0.2) is 4.39 Å². The fraction of sp³-hybridized carbons (Fsp3) is 0.222. The molecule has 2 aromatic rings. The van der Waals surface area contributed by atoms with Crippen molar-refractivity contribution in [1.82, 2.24) is 0 Å². The van der Waals surface area contributed by atoms with E-state index in [9.17, 15) is 14.0 Å². The first-order chi connectivity index (χ1) is 11.0. The number of halogens is 1. The highest BCUT2D eigenvalue weighted by atomic mass is 19.1. The van der Waals surface area contributed by atoms with Gasteiger partial charge in [-0.1, -0.05) is 37.3 Å². The normalized spacial score (nSPS) is 11.8. The fourth-order valence-corrected chi connectivity index (χ4v) is 2.55. The predicted octanol–water partition coefficient (Wildman–Crippen LogP) is 3.10. The van der Waals surface area contributed by atoms with Crippen LogP contribution in [-0.4, -0.2) is 11.8 Å². The molecule has 1 unspecified atom stereocenters. The highest BCUT2D eigenvalue weighted by Crippen LogP contribution is 2.30. The van der Waals surface area contributed by atoms with Gasteiger partial charge in [0.25, 0.3) is 0 Å². The van der Waals surface area contributed by atoms with Crippen LogP contribution in [-0.2, 0) is 9.59 Å². The van der Waals surface area contributed by atoms with Gasteiger partial charge in [-0.05, 0) is 36.2 Å². The Morgan fingerprint density at radius 1 is 1.17 bits per heavy atom. The third-order valence-electron chi connectivity index (χ3n) is 3.67. The second-order valence-electron chi connectivity index (χ2n) is 5.26. The summed E-state index contributed by atoms with van der Waals surface area (Å²) >= 11 is 0. The summed E-state index contributed by atoms with van der Waals surface area (Å²) in [6.45, 7) is 3.52. The van der Waals surface area contributed by atoms with E-state index < -0.39 is 17.8 Å². The van der Waals surface area contributed by atoms with Crippen LogP contribution in [0.5, 0.6) is 0 Å². The number of amides is 2. The highest BCUT2D eigenvalue weighted by Gasteiger charge is 2.31. The zero-order valence-electron chi connectivity index (χ0n) is 13.1. The van der Waals surface area contributed by atoms with E-state index in [1.54, 1.807) is 25.1 Å². The van der Waals surface area contributed by atoms with Crippen molar-refractivity contribution >= 4 is 17.5 Å². The topological polar surface area (TPSA) is 63.4 Å². The van der Waals surface area contributed by atoms with E-state index in [1.807, 2.05) is 19.1 Å². The van der Waals surface area contributed by atoms with Crippen molar-refractivity contribution in [3.63, 3.8) is 0 Å². The second kappa shape index (κ2) is 7.05. The zero-order chi connectivity index (χ0) is 17.0. The molecule has 0 aliphatic rings. The third kappa shape index (κ3) is 3.56. The highest BCUT2D eigenvalue weighted by molar-refractivity contribution is 6.00. The van der Waals surface area contributed by atoms with Gasteiger partial charge in [-0.2, -0.15) is 0 Å². The van der Waals surface area contributed by atoms with E-state index in [2.05, 4.69) is 0 Å². The van der Waals surface area contributed by atoms with Gasteiger partial charge in [-0.15, -0.1) is 0 Å². The van der Waals surface area contributed by atoms with Crippen LogP contribution in [0.4, 0.5) is 10.1 Å². The smallest absolute Gasteiger partial charge is 0.245 e. The van der Waals surface area contributed by atoms with Crippen molar-refractivity contribution in [3.05, 3.63) is 65.5 Å². The Labute approximate surface area is 134 Å². The van der Waals surface area contributed by atoms with Crippen LogP contribution in [0, 0.1) is 12.7 Å². The maximum absolute atomic E-state index is 13.6. The summed E-state index contributed by atoms with van der Waals surface area (Å²) in [5.74, 6) is -1.45. The number of nitrogens with two attached hydrogens (primary N) is 1. The summed E-state index contributed by atoms with van der Waals surface area (Å²) in [5, 5.41) is 0. The van der Waals surface area contributed by atoms with Crippen molar-refractivity contribution in [2.24, 2.45) is 5.73 Å². The first kappa shape index (κ1) is 16.7. The summed E-state index contributed by atoms with van der Waals surface area (Å²) in [5.41, 5.74) is 7.35. The van der Waals surface area contributed by atoms with E-state index in [0.717, 1.165) is 5.56 Å². The van der Waals surface area contributed by atoms with Gasteiger partial charge >= 0.3 is 0 Å². The molecule has 0 aliphatic heterocycles. The molecule has 0 bridgehead atoms. The SMILES string of the molecule is CCC(=O)N(c1cccc(F)c1)C(C(N)=O)c1ccccc1C. The molecule has 0 saturated carbocycles. The minimum absolute atomic E-state index is 0.173. The Morgan fingerprint density at radius 2 is 1.87 bits per heavy atom. The Kier molecular flexibility index (Phi) is 5.11. The van der Waals surface area contributed by atoms with Gasteiger partial charge < -0.3 is 5.73 Å². The number of anilines is 1. The lowest BCUT2D eigenvalue weighted by Gasteiger charge is -2.31. The minimum atomic E-state index is -0.981. The number of nitrogens with zero attached hydrogens (tertiary/aromatic N) is 1. The lowest BCUT2D eigenvalue weighted by molar-refractivity contribution is -0.124. The third-order valence-corrected chi connectivity index (χ3v) is 3.67. The molecule has 0 heterocycles. The van der Waals surface area contributed by atoms with Crippen LogP contribution in [0.3, 0.4) is 0 Å². The summed E-state index contributed by atoms with van der Waals surface area (Å²) in [6, 6.07) is 11.8. The number of benzene rings is 2. The number of primary amides is 1. The Bertz CT molecular complexity index is 730. The quantitative estimate of drug-likeness (QED) is 0.921. The van der Waals surface area contributed by atoms with E-state index >= 15 is 0 Å². The Hall–Kier alpha value is -2.69. The molecule has 0 spiro atoms. The molecular weight excluding hydrogens is 295 g/mol. The summed E-state index contributed by atoms with van der Waals surface area (Å²) < 4.78 is 13.6. The first-order valence-electron chi connectivity index (χ1n) is 7.38. The van der Waals surface area contributed by atoms with E-state index in [-0.39, 0.29) is 12.3 Å². The fourth-order valence-electron chi connectivity index (χ4n) is 2.55. The van der Waals surface area contributed by atoms with Crippen molar-refractivity contribution in [2.75, 3.05) is 4.90 Å². The molecule has 23 heavy (non-hydrogen) atoms. The van der Waals surface area contributed by atoms with Crippen molar-refractivity contribution < 1.29 is 14.0 Å².